The Bertz CT molecular complexity index is 1230. The molecular weight excluding hydrogens is 458 g/mol. The van der Waals surface area contributed by atoms with Crippen molar-refractivity contribution < 1.29 is 14.7 Å². The van der Waals surface area contributed by atoms with Crippen molar-refractivity contribution in [2.45, 2.75) is 19.4 Å². The summed E-state index contributed by atoms with van der Waals surface area (Å²) in [6.07, 6.45) is 0.497. The number of amides is 1. The molecule has 1 aliphatic heterocycles. The Balaban J connectivity index is 1.75. The van der Waals surface area contributed by atoms with E-state index in [4.69, 9.17) is 16.7 Å². The quantitative estimate of drug-likeness (QED) is 0.374. The number of carboxylic acids is 1. The van der Waals surface area contributed by atoms with Crippen LogP contribution in [0.1, 0.15) is 28.0 Å². The third-order valence-electron chi connectivity index (χ3n) is 5.23. The van der Waals surface area contributed by atoms with Gasteiger partial charge in [-0.2, -0.15) is 0 Å². The molecule has 4 rings (SSSR count). The lowest BCUT2D eigenvalue weighted by atomic mass is 10.0. The Hall–Kier alpha value is -3.13. The smallest absolute Gasteiger partial charge is 0.303 e. The highest BCUT2D eigenvalue weighted by molar-refractivity contribution is 7.11. The highest BCUT2D eigenvalue weighted by Gasteiger charge is 2.29. The Morgan fingerprint density at radius 1 is 1.12 bits per heavy atom. The van der Waals surface area contributed by atoms with Gasteiger partial charge in [0.15, 0.2) is 0 Å². The maximum atomic E-state index is 13.0. The van der Waals surface area contributed by atoms with Crippen LogP contribution in [-0.4, -0.2) is 36.0 Å². The Morgan fingerprint density at radius 2 is 1.88 bits per heavy atom. The Labute approximate surface area is 201 Å². The van der Waals surface area contributed by atoms with Crippen LogP contribution in [0.25, 0.3) is 11.3 Å². The van der Waals surface area contributed by atoms with Gasteiger partial charge in [0.1, 0.15) is 0 Å². The molecule has 6 nitrogen and oxygen atoms in total. The number of aliphatic carboxylic acids is 1. The van der Waals surface area contributed by atoms with Crippen LogP contribution in [-0.2, 0) is 22.6 Å². The van der Waals surface area contributed by atoms with Gasteiger partial charge in [-0.15, -0.1) is 11.3 Å². The van der Waals surface area contributed by atoms with Crippen LogP contribution >= 0.6 is 22.9 Å². The van der Waals surface area contributed by atoms with Crippen molar-refractivity contribution in [3.8, 4) is 0 Å². The van der Waals surface area contributed by atoms with Gasteiger partial charge in [-0.25, -0.2) is 0 Å². The molecule has 0 spiro atoms. The first-order valence-electron chi connectivity index (χ1n) is 10.5. The summed E-state index contributed by atoms with van der Waals surface area (Å²) in [5.74, 6) is -1.04. The number of thiophene rings is 1. The molecule has 0 saturated heterocycles. The van der Waals surface area contributed by atoms with Gasteiger partial charge in [-0.05, 0) is 67.4 Å². The minimum Gasteiger partial charge on any atom is -0.481 e. The van der Waals surface area contributed by atoms with Crippen LogP contribution in [0, 0.1) is 0 Å². The van der Waals surface area contributed by atoms with Gasteiger partial charge in [0.05, 0.1) is 21.8 Å². The van der Waals surface area contributed by atoms with Gasteiger partial charge >= 0.3 is 5.97 Å². The second kappa shape index (κ2) is 9.79. The van der Waals surface area contributed by atoms with E-state index in [2.05, 4.69) is 27.7 Å². The van der Waals surface area contributed by atoms with E-state index in [-0.39, 0.29) is 12.3 Å². The number of carbonyl (C=O) groups is 2. The molecule has 0 saturated carbocycles. The largest absolute Gasteiger partial charge is 0.481 e. The van der Waals surface area contributed by atoms with Gasteiger partial charge in [0, 0.05) is 29.2 Å². The van der Waals surface area contributed by atoms with Crippen molar-refractivity contribution in [3.63, 3.8) is 0 Å². The molecule has 0 radical (unpaired) electrons. The zero-order valence-electron chi connectivity index (χ0n) is 18.3. The molecule has 1 aromatic heterocycles. The molecule has 170 valence electrons. The lowest BCUT2D eigenvalue weighted by molar-refractivity contribution is -0.137. The summed E-state index contributed by atoms with van der Waals surface area (Å²) in [6.45, 7) is 0.836. The molecule has 2 aromatic carbocycles. The molecule has 3 N–H and O–H groups in total. The van der Waals surface area contributed by atoms with E-state index in [9.17, 15) is 9.59 Å². The first kappa shape index (κ1) is 23.0. The maximum absolute atomic E-state index is 13.0. The van der Waals surface area contributed by atoms with Crippen molar-refractivity contribution >= 4 is 57.5 Å². The van der Waals surface area contributed by atoms with E-state index >= 15 is 0 Å². The minimum atomic E-state index is -0.835. The van der Waals surface area contributed by atoms with Crippen LogP contribution in [0.5, 0.6) is 0 Å². The van der Waals surface area contributed by atoms with Crippen molar-refractivity contribution in [2.75, 3.05) is 24.7 Å². The lowest BCUT2D eigenvalue weighted by Crippen LogP contribution is -2.11. The highest BCUT2D eigenvalue weighted by atomic mass is 35.5. The minimum absolute atomic E-state index is 0.0602. The molecule has 0 unspecified atom stereocenters. The fourth-order valence-corrected chi connectivity index (χ4v) is 4.86. The second-order valence-electron chi connectivity index (χ2n) is 8.17. The fraction of sp³-hybridized carbons (Fsp3) is 0.200. The molecule has 33 heavy (non-hydrogen) atoms. The molecule has 1 amide bonds. The summed E-state index contributed by atoms with van der Waals surface area (Å²) in [4.78, 5) is 27.0. The molecule has 3 aromatic rings. The van der Waals surface area contributed by atoms with Gasteiger partial charge in [-0.1, -0.05) is 29.8 Å². The number of hydrogen-bond acceptors (Lipinski definition) is 5. The number of fused-ring (bicyclic) bond motifs is 1. The first-order chi connectivity index (χ1) is 15.8. The van der Waals surface area contributed by atoms with E-state index in [1.807, 2.05) is 43.7 Å². The van der Waals surface area contributed by atoms with Crippen LogP contribution in [0.15, 0.2) is 53.9 Å². The van der Waals surface area contributed by atoms with Gasteiger partial charge in [-0.3, -0.25) is 9.59 Å². The average Bonchev–Trinajstić information content (AvgIpc) is 3.35. The number of carboxylic acid groups (broad SMARTS) is 1. The summed E-state index contributed by atoms with van der Waals surface area (Å²) in [5.41, 5.74) is 5.63. The SMILES string of the molecule is CN(C)Cc1ccc(N/C(=C2\C(=O)Nc3cc(Cl)ccc32)c2cc(CCC(=O)O)cs2)cc1. The molecule has 2 heterocycles. The van der Waals surface area contributed by atoms with E-state index < -0.39 is 5.97 Å². The standard InChI is InChI=1S/C25H24ClN3O3S/c1-29(2)13-15-3-7-18(8-4-15)27-24(21-11-16(14-33-21)5-10-22(30)31)23-19-9-6-17(26)12-20(19)28-25(23)32/h3-4,6-9,11-12,14,27H,5,10,13H2,1-2H3,(H,28,32)(H,30,31)/b24-23-. The number of hydrogen-bond donors (Lipinski definition) is 3. The van der Waals surface area contributed by atoms with Crippen molar-refractivity contribution in [3.05, 3.63) is 80.5 Å². The predicted molar refractivity (Wildman–Crippen MR) is 135 cm³/mol. The summed E-state index contributed by atoms with van der Waals surface area (Å²) in [6, 6.07) is 15.4. The zero-order chi connectivity index (χ0) is 23.5. The molecule has 8 heteroatoms. The normalized spacial score (nSPS) is 14.2. The predicted octanol–water partition coefficient (Wildman–Crippen LogP) is 5.41. The summed E-state index contributed by atoms with van der Waals surface area (Å²) in [7, 11) is 4.05. The van der Waals surface area contributed by atoms with Crippen LogP contribution in [0.3, 0.4) is 0 Å². The van der Waals surface area contributed by atoms with Gasteiger partial charge in [0.25, 0.3) is 5.91 Å². The average molecular weight is 482 g/mol. The highest BCUT2D eigenvalue weighted by Crippen LogP contribution is 2.40. The monoisotopic (exact) mass is 481 g/mol. The van der Waals surface area contributed by atoms with Gasteiger partial charge < -0.3 is 20.6 Å². The number of benzene rings is 2. The van der Waals surface area contributed by atoms with Crippen LogP contribution in [0.4, 0.5) is 11.4 Å². The molecular formula is C25H24ClN3O3S. The summed E-state index contributed by atoms with van der Waals surface area (Å²) in [5, 5.41) is 17.9. The molecule has 0 bridgehead atoms. The maximum Gasteiger partial charge on any atom is 0.303 e. The number of nitrogens with one attached hydrogen (secondary N) is 2. The second-order valence-corrected chi connectivity index (χ2v) is 9.51. The summed E-state index contributed by atoms with van der Waals surface area (Å²) >= 11 is 7.61. The molecule has 0 aliphatic carbocycles. The first-order valence-corrected chi connectivity index (χ1v) is 11.7. The number of rotatable bonds is 8. The molecule has 0 atom stereocenters. The molecule has 0 fully saturated rings. The molecule has 1 aliphatic rings. The van der Waals surface area contributed by atoms with Gasteiger partial charge in [0.2, 0.25) is 0 Å². The third kappa shape index (κ3) is 5.45. The third-order valence-corrected chi connectivity index (χ3v) is 6.46. The lowest BCUT2D eigenvalue weighted by Gasteiger charge is -2.14. The van der Waals surface area contributed by atoms with Crippen LogP contribution in [0.2, 0.25) is 5.02 Å². The number of halogens is 1. The van der Waals surface area contributed by atoms with E-state index in [1.54, 1.807) is 12.1 Å². The number of carbonyl (C=O) groups excluding carboxylic acids is 1. The van der Waals surface area contributed by atoms with E-state index in [0.717, 1.165) is 28.2 Å². The van der Waals surface area contributed by atoms with Crippen molar-refractivity contribution in [1.29, 1.82) is 0 Å². The number of anilines is 2. The number of aryl methyl sites for hydroxylation is 1. The topological polar surface area (TPSA) is 81.7 Å². The Morgan fingerprint density at radius 3 is 2.58 bits per heavy atom. The summed E-state index contributed by atoms with van der Waals surface area (Å²) < 4.78 is 0. The van der Waals surface area contributed by atoms with E-state index in [0.29, 0.717) is 28.4 Å². The van der Waals surface area contributed by atoms with E-state index in [1.165, 1.54) is 16.9 Å². The van der Waals surface area contributed by atoms with Crippen molar-refractivity contribution in [2.24, 2.45) is 0 Å². The fourth-order valence-electron chi connectivity index (χ4n) is 3.73. The van der Waals surface area contributed by atoms with Crippen LogP contribution < -0.4 is 10.6 Å². The zero-order valence-corrected chi connectivity index (χ0v) is 19.9. The number of nitrogens with zero attached hydrogens (tertiary/aromatic N) is 1. The van der Waals surface area contributed by atoms with Crippen molar-refractivity contribution in [1.82, 2.24) is 4.90 Å². The Kier molecular flexibility index (Phi) is 6.83.